The highest BCUT2D eigenvalue weighted by Gasteiger charge is 2.55. The number of Topliss-reactive ketones (excluding diaryl/α,β-unsaturated/α-hetero) is 4. The highest BCUT2D eigenvalue weighted by molar-refractivity contribution is 6.66. The summed E-state index contributed by atoms with van der Waals surface area (Å²) in [5, 5.41) is 0. The van der Waals surface area contributed by atoms with Crippen LogP contribution in [0.25, 0.3) is 0 Å². The second kappa shape index (κ2) is 4.86. The first-order valence-corrected chi connectivity index (χ1v) is 4.68. The summed E-state index contributed by atoms with van der Waals surface area (Å²) in [6, 6.07) is 0. The third kappa shape index (κ3) is 1.92. The lowest BCUT2D eigenvalue weighted by Crippen LogP contribution is -2.54. The molecule has 18 heavy (non-hydrogen) atoms. The molecule has 0 aromatic rings. The van der Waals surface area contributed by atoms with Gasteiger partial charge in [-0.2, -0.15) is 0 Å². The standard InChI is InChI=1S/C10H8O8/c1-17-9(15)3-5(11)7(13)4(10(16)18-2)8(14)6(3)12/h3-4H,1-2H3. The lowest BCUT2D eigenvalue weighted by Gasteiger charge is -2.20. The number of ether oxygens (including phenoxy) is 2. The summed E-state index contributed by atoms with van der Waals surface area (Å²) in [5.41, 5.74) is 0. The van der Waals surface area contributed by atoms with Crippen molar-refractivity contribution in [3.8, 4) is 0 Å². The smallest absolute Gasteiger partial charge is 0.324 e. The Morgan fingerprint density at radius 3 is 1.11 bits per heavy atom. The predicted molar refractivity (Wildman–Crippen MR) is 51.0 cm³/mol. The highest BCUT2D eigenvalue weighted by Crippen LogP contribution is 2.20. The maximum atomic E-state index is 11.5. The topological polar surface area (TPSA) is 121 Å². The first kappa shape index (κ1) is 13.7. The molecule has 1 rings (SSSR count). The molecule has 8 nitrogen and oxygen atoms in total. The third-order valence-corrected chi connectivity index (χ3v) is 2.41. The molecule has 0 heterocycles. The lowest BCUT2D eigenvalue weighted by atomic mass is 9.78. The van der Waals surface area contributed by atoms with Gasteiger partial charge in [0.2, 0.25) is 23.1 Å². The number of hydrogen-bond donors (Lipinski definition) is 0. The quantitative estimate of drug-likeness (QED) is 0.311. The van der Waals surface area contributed by atoms with Crippen LogP contribution >= 0.6 is 0 Å². The SMILES string of the molecule is COC(=O)C1C(=O)C(=O)C(C(=O)OC)C(=O)C1=O. The van der Waals surface area contributed by atoms with E-state index in [0.717, 1.165) is 14.2 Å². The van der Waals surface area contributed by atoms with Crippen molar-refractivity contribution in [2.24, 2.45) is 11.8 Å². The van der Waals surface area contributed by atoms with Gasteiger partial charge in [0.1, 0.15) is 0 Å². The largest absolute Gasteiger partial charge is 0.468 e. The third-order valence-electron chi connectivity index (χ3n) is 2.41. The van der Waals surface area contributed by atoms with E-state index < -0.39 is 46.9 Å². The molecule has 0 saturated heterocycles. The summed E-state index contributed by atoms with van der Waals surface area (Å²) in [6.07, 6.45) is 0. The molecule has 0 aromatic heterocycles. The van der Waals surface area contributed by atoms with Gasteiger partial charge in [0.15, 0.2) is 11.8 Å². The lowest BCUT2D eigenvalue weighted by molar-refractivity contribution is -0.168. The zero-order chi connectivity index (χ0) is 14.0. The molecular formula is C10H8O8. The predicted octanol–water partition coefficient (Wildman–Crippen LogP) is -2.15. The molecule has 1 fully saturated rings. The fourth-order valence-electron chi connectivity index (χ4n) is 1.47. The number of hydrogen-bond acceptors (Lipinski definition) is 8. The van der Waals surface area contributed by atoms with Gasteiger partial charge in [0, 0.05) is 0 Å². The van der Waals surface area contributed by atoms with Crippen LogP contribution in [0.3, 0.4) is 0 Å². The first-order chi connectivity index (χ1) is 8.36. The van der Waals surface area contributed by atoms with Gasteiger partial charge in [-0.3, -0.25) is 28.8 Å². The molecule has 8 heteroatoms. The van der Waals surface area contributed by atoms with Crippen molar-refractivity contribution >= 4 is 35.1 Å². The Balaban J connectivity index is 3.20. The Labute approximate surface area is 100 Å². The second-order valence-electron chi connectivity index (χ2n) is 3.37. The fraction of sp³-hybridized carbons (Fsp3) is 0.400. The Kier molecular flexibility index (Phi) is 3.70. The molecule has 0 N–H and O–H groups in total. The Morgan fingerprint density at radius 1 is 0.722 bits per heavy atom. The maximum Gasteiger partial charge on any atom is 0.324 e. The van der Waals surface area contributed by atoms with E-state index in [4.69, 9.17) is 0 Å². The van der Waals surface area contributed by atoms with Gasteiger partial charge >= 0.3 is 11.9 Å². The number of ketones is 4. The van der Waals surface area contributed by atoms with E-state index in [0.29, 0.717) is 0 Å². The molecule has 0 atom stereocenters. The molecular weight excluding hydrogens is 248 g/mol. The van der Waals surface area contributed by atoms with Crippen LogP contribution < -0.4 is 0 Å². The molecule has 1 saturated carbocycles. The van der Waals surface area contributed by atoms with Gasteiger partial charge in [0.25, 0.3) is 0 Å². The van der Waals surface area contributed by atoms with Gasteiger partial charge in [-0.15, -0.1) is 0 Å². The molecule has 1 aliphatic rings. The molecule has 1 aliphatic carbocycles. The van der Waals surface area contributed by atoms with E-state index in [2.05, 4.69) is 9.47 Å². The molecule has 0 unspecified atom stereocenters. The van der Waals surface area contributed by atoms with Crippen LogP contribution in [-0.4, -0.2) is 49.3 Å². The summed E-state index contributed by atoms with van der Waals surface area (Å²) in [5.74, 6) is -12.6. The Hall–Kier alpha value is -2.38. The van der Waals surface area contributed by atoms with Crippen LogP contribution in [0.5, 0.6) is 0 Å². The first-order valence-electron chi connectivity index (χ1n) is 4.68. The van der Waals surface area contributed by atoms with Crippen molar-refractivity contribution in [3.05, 3.63) is 0 Å². The van der Waals surface area contributed by atoms with Crippen molar-refractivity contribution in [1.29, 1.82) is 0 Å². The van der Waals surface area contributed by atoms with Crippen molar-refractivity contribution < 1.29 is 38.2 Å². The molecule has 0 aliphatic heterocycles. The average molecular weight is 256 g/mol. The number of esters is 2. The molecule has 0 aromatic carbocycles. The average Bonchev–Trinajstić information content (AvgIpc) is 2.36. The summed E-state index contributed by atoms with van der Waals surface area (Å²) < 4.78 is 8.30. The minimum absolute atomic E-state index is 0.893. The van der Waals surface area contributed by atoms with Crippen molar-refractivity contribution in [2.75, 3.05) is 14.2 Å². The normalized spacial score (nSPS) is 23.9. The number of rotatable bonds is 2. The fourth-order valence-corrected chi connectivity index (χ4v) is 1.47. The summed E-state index contributed by atoms with van der Waals surface area (Å²) in [4.78, 5) is 68.2. The second-order valence-corrected chi connectivity index (χ2v) is 3.37. The van der Waals surface area contributed by atoms with Gasteiger partial charge in [-0.1, -0.05) is 0 Å². The van der Waals surface area contributed by atoms with Crippen LogP contribution in [0.1, 0.15) is 0 Å². The van der Waals surface area contributed by atoms with Crippen LogP contribution in [0.2, 0.25) is 0 Å². The highest BCUT2D eigenvalue weighted by atomic mass is 16.5. The van der Waals surface area contributed by atoms with Gasteiger partial charge in [0.05, 0.1) is 14.2 Å². The van der Waals surface area contributed by atoms with E-state index in [9.17, 15) is 28.8 Å². The zero-order valence-electron chi connectivity index (χ0n) is 9.42. The minimum atomic E-state index is -2.11. The van der Waals surface area contributed by atoms with Crippen LogP contribution in [0, 0.1) is 11.8 Å². The molecule has 0 bridgehead atoms. The number of carbonyl (C=O) groups is 6. The van der Waals surface area contributed by atoms with E-state index in [1.807, 2.05) is 0 Å². The Bertz CT molecular complexity index is 402. The summed E-state index contributed by atoms with van der Waals surface area (Å²) >= 11 is 0. The minimum Gasteiger partial charge on any atom is -0.468 e. The van der Waals surface area contributed by atoms with Crippen molar-refractivity contribution in [1.82, 2.24) is 0 Å². The number of carbonyl (C=O) groups excluding carboxylic acids is 6. The monoisotopic (exact) mass is 256 g/mol. The van der Waals surface area contributed by atoms with Crippen molar-refractivity contribution in [2.45, 2.75) is 0 Å². The van der Waals surface area contributed by atoms with E-state index in [1.54, 1.807) is 0 Å². The van der Waals surface area contributed by atoms with E-state index >= 15 is 0 Å². The zero-order valence-corrected chi connectivity index (χ0v) is 9.42. The molecule has 0 spiro atoms. The van der Waals surface area contributed by atoms with Crippen LogP contribution in [0.15, 0.2) is 0 Å². The van der Waals surface area contributed by atoms with Crippen LogP contribution in [-0.2, 0) is 38.2 Å². The summed E-state index contributed by atoms with van der Waals surface area (Å²) in [7, 11) is 1.79. The Morgan fingerprint density at radius 2 is 0.944 bits per heavy atom. The van der Waals surface area contributed by atoms with Gasteiger partial charge in [-0.05, 0) is 0 Å². The van der Waals surface area contributed by atoms with Crippen LogP contribution in [0.4, 0.5) is 0 Å². The molecule has 0 amide bonds. The molecule has 96 valence electrons. The summed E-state index contributed by atoms with van der Waals surface area (Å²) in [6.45, 7) is 0. The van der Waals surface area contributed by atoms with Gasteiger partial charge in [-0.25, -0.2) is 0 Å². The van der Waals surface area contributed by atoms with E-state index in [1.165, 1.54) is 0 Å². The van der Waals surface area contributed by atoms with Crippen molar-refractivity contribution in [3.63, 3.8) is 0 Å². The van der Waals surface area contributed by atoms with Gasteiger partial charge < -0.3 is 9.47 Å². The maximum absolute atomic E-state index is 11.5. The molecule has 0 radical (unpaired) electrons. The number of methoxy groups -OCH3 is 2. The van der Waals surface area contributed by atoms with E-state index in [-0.39, 0.29) is 0 Å².